The minimum Gasteiger partial charge on any atom is -0.497 e. The van der Waals surface area contributed by atoms with Gasteiger partial charge in [-0.2, -0.15) is 0 Å². The minimum absolute atomic E-state index is 0.254. The van der Waals surface area contributed by atoms with Gasteiger partial charge >= 0.3 is 0 Å². The smallest absolute Gasteiger partial charge is 0.231 e. The summed E-state index contributed by atoms with van der Waals surface area (Å²) in [6.45, 7) is 0.254. The molecule has 0 amide bonds. The number of ether oxygens (including phenoxy) is 3. The number of methoxy groups -OCH3 is 1. The molecule has 150 valence electrons. The highest BCUT2D eigenvalue weighted by Gasteiger charge is 2.18. The molecule has 4 aromatic rings. The molecule has 5 rings (SSSR count). The summed E-state index contributed by atoms with van der Waals surface area (Å²) in [5.41, 5.74) is 3.83. The number of fused-ring (bicyclic) bond motifs is 1. The molecule has 1 aliphatic rings. The van der Waals surface area contributed by atoms with Crippen LogP contribution in [0.15, 0.2) is 66.7 Å². The molecular formula is C23H20N4O3. The zero-order valence-corrected chi connectivity index (χ0v) is 16.6. The van der Waals surface area contributed by atoms with Crippen LogP contribution in [0.1, 0.15) is 0 Å². The van der Waals surface area contributed by atoms with Crippen LogP contribution in [-0.2, 0) is 0 Å². The Morgan fingerprint density at radius 1 is 0.900 bits per heavy atom. The Balaban J connectivity index is 1.50. The van der Waals surface area contributed by atoms with Crippen LogP contribution in [-0.4, -0.2) is 36.1 Å². The first-order valence-corrected chi connectivity index (χ1v) is 9.53. The van der Waals surface area contributed by atoms with E-state index in [0.29, 0.717) is 11.6 Å². The van der Waals surface area contributed by atoms with Crippen molar-refractivity contribution >= 4 is 11.4 Å². The average Bonchev–Trinajstić information content (AvgIpc) is 3.48. The van der Waals surface area contributed by atoms with E-state index in [1.165, 1.54) is 0 Å². The number of aromatic nitrogens is 3. The second-order valence-corrected chi connectivity index (χ2v) is 6.87. The summed E-state index contributed by atoms with van der Waals surface area (Å²) in [5.74, 6) is 3.66. The number of nitrogens with zero attached hydrogens (tertiary/aromatic N) is 3. The van der Waals surface area contributed by atoms with Crippen molar-refractivity contribution in [3.8, 4) is 40.0 Å². The summed E-state index contributed by atoms with van der Waals surface area (Å²) in [6, 6.07) is 21.7. The van der Waals surface area contributed by atoms with Crippen LogP contribution in [0.4, 0.5) is 11.4 Å². The Kier molecular flexibility index (Phi) is 4.48. The quantitative estimate of drug-likeness (QED) is 0.526. The first kappa shape index (κ1) is 18.1. The van der Waals surface area contributed by atoms with Gasteiger partial charge in [0.25, 0.3) is 0 Å². The lowest BCUT2D eigenvalue weighted by molar-refractivity contribution is 0.174. The molecular weight excluding hydrogens is 380 g/mol. The molecule has 1 aromatic heterocycles. The molecule has 7 heteroatoms. The molecule has 0 aliphatic carbocycles. The molecule has 2 heterocycles. The van der Waals surface area contributed by atoms with Gasteiger partial charge in [0.05, 0.1) is 12.8 Å². The highest BCUT2D eigenvalue weighted by atomic mass is 16.7. The van der Waals surface area contributed by atoms with Gasteiger partial charge in [-0.05, 0) is 36.4 Å². The number of anilines is 2. The van der Waals surface area contributed by atoms with E-state index in [-0.39, 0.29) is 6.79 Å². The van der Waals surface area contributed by atoms with Crippen LogP contribution in [0.5, 0.6) is 17.2 Å². The standard InChI is InChI=1S/C23H20N4O3/c1-27(16-10-11-20-21(13-16)30-14-29-20)19-9-4-3-8-18(19)23-24-22(25-26-23)15-6-5-7-17(12-15)28-2/h3-13H,14H2,1-2H3,(H,24,25,26). The Labute approximate surface area is 173 Å². The molecule has 0 saturated carbocycles. The lowest BCUT2D eigenvalue weighted by Gasteiger charge is -2.22. The molecule has 0 atom stereocenters. The molecule has 0 fully saturated rings. The Hall–Kier alpha value is -4.00. The third-order valence-electron chi connectivity index (χ3n) is 5.09. The first-order valence-electron chi connectivity index (χ1n) is 9.53. The van der Waals surface area contributed by atoms with Gasteiger partial charge < -0.3 is 24.1 Å². The monoisotopic (exact) mass is 400 g/mol. The van der Waals surface area contributed by atoms with E-state index in [1.807, 2.05) is 73.8 Å². The van der Waals surface area contributed by atoms with Crippen LogP contribution < -0.4 is 19.1 Å². The van der Waals surface area contributed by atoms with E-state index in [1.54, 1.807) is 7.11 Å². The normalized spacial score (nSPS) is 12.1. The van der Waals surface area contributed by atoms with Crippen molar-refractivity contribution in [1.29, 1.82) is 0 Å². The molecule has 0 bridgehead atoms. The molecule has 0 radical (unpaired) electrons. The Morgan fingerprint density at radius 3 is 2.63 bits per heavy atom. The Morgan fingerprint density at radius 2 is 1.73 bits per heavy atom. The topological polar surface area (TPSA) is 72.5 Å². The van der Waals surface area contributed by atoms with Crippen molar-refractivity contribution in [2.75, 3.05) is 25.9 Å². The van der Waals surface area contributed by atoms with E-state index >= 15 is 0 Å². The van der Waals surface area contributed by atoms with Gasteiger partial charge in [0.1, 0.15) is 5.75 Å². The van der Waals surface area contributed by atoms with Gasteiger partial charge in [0, 0.05) is 29.9 Å². The Bertz CT molecular complexity index is 1200. The number of hydrogen-bond donors (Lipinski definition) is 1. The van der Waals surface area contributed by atoms with Gasteiger partial charge in [0.2, 0.25) is 6.79 Å². The molecule has 7 nitrogen and oxygen atoms in total. The third-order valence-corrected chi connectivity index (χ3v) is 5.09. The first-order chi connectivity index (χ1) is 14.7. The molecule has 0 unspecified atom stereocenters. The molecule has 30 heavy (non-hydrogen) atoms. The van der Waals surface area contributed by atoms with Crippen molar-refractivity contribution in [3.63, 3.8) is 0 Å². The lowest BCUT2D eigenvalue weighted by atomic mass is 10.1. The second-order valence-electron chi connectivity index (χ2n) is 6.87. The number of H-pyrrole nitrogens is 1. The third kappa shape index (κ3) is 3.20. The number of nitrogens with one attached hydrogen (secondary N) is 1. The van der Waals surface area contributed by atoms with Crippen molar-refractivity contribution in [3.05, 3.63) is 66.7 Å². The van der Waals surface area contributed by atoms with Crippen LogP contribution >= 0.6 is 0 Å². The summed E-state index contributed by atoms with van der Waals surface area (Å²) in [6.07, 6.45) is 0. The summed E-state index contributed by atoms with van der Waals surface area (Å²) < 4.78 is 16.3. The maximum absolute atomic E-state index is 5.52. The minimum atomic E-state index is 0.254. The maximum Gasteiger partial charge on any atom is 0.231 e. The second kappa shape index (κ2) is 7.44. The number of hydrogen-bond acceptors (Lipinski definition) is 6. The van der Waals surface area contributed by atoms with Gasteiger partial charge in [-0.1, -0.05) is 24.3 Å². The average molecular weight is 400 g/mol. The molecule has 1 N–H and O–H groups in total. The van der Waals surface area contributed by atoms with Gasteiger partial charge in [-0.3, -0.25) is 0 Å². The van der Waals surface area contributed by atoms with Crippen molar-refractivity contribution in [1.82, 2.24) is 15.2 Å². The number of para-hydroxylation sites is 1. The van der Waals surface area contributed by atoms with E-state index in [0.717, 1.165) is 39.8 Å². The summed E-state index contributed by atoms with van der Waals surface area (Å²) in [5, 5.41) is 8.74. The van der Waals surface area contributed by atoms with Crippen LogP contribution in [0, 0.1) is 0 Å². The van der Waals surface area contributed by atoms with Crippen molar-refractivity contribution < 1.29 is 14.2 Å². The van der Waals surface area contributed by atoms with Gasteiger partial charge in [-0.25, -0.2) is 0 Å². The predicted molar refractivity (Wildman–Crippen MR) is 114 cm³/mol. The van der Waals surface area contributed by atoms with Gasteiger partial charge in [0.15, 0.2) is 23.1 Å². The SMILES string of the molecule is COc1cccc(-c2nnc(-c3ccccc3N(C)c3ccc4c(c3)OCO4)[nH]2)c1. The van der Waals surface area contributed by atoms with Gasteiger partial charge in [-0.15, -0.1) is 10.2 Å². The molecule has 0 saturated heterocycles. The van der Waals surface area contributed by atoms with Crippen LogP contribution in [0.3, 0.4) is 0 Å². The fraction of sp³-hybridized carbons (Fsp3) is 0.130. The van der Waals surface area contributed by atoms with E-state index in [4.69, 9.17) is 14.2 Å². The van der Waals surface area contributed by atoms with E-state index in [9.17, 15) is 0 Å². The fourth-order valence-corrected chi connectivity index (χ4v) is 3.48. The zero-order valence-electron chi connectivity index (χ0n) is 16.6. The van der Waals surface area contributed by atoms with Crippen molar-refractivity contribution in [2.45, 2.75) is 0 Å². The summed E-state index contributed by atoms with van der Waals surface area (Å²) in [7, 11) is 3.66. The number of aromatic amines is 1. The van der Waals surface area contributed by atoms with Crippen LogP contribution in [0.25, 0.3) is 22.8 Å². The zero-order chi connectivity index (χ0) is 20.5. The van der Waals surface area contributed by atoms with Crippen LogP contribution in [0.2, 0.25) is 0 Å². The van der Waals surface area contributed by atoms with Crippen molar-refractivity contribution in [2.24, 2.45) is 0 Å². The fourth-order valence-electron chi connectivity index (χ4n) is 3.48. The molecule has 3 aromatic carbocycles. The van der Waals surface area contributed by atoms with E-state index < -0.39 is 0 Å². The number of rotatable bonds is 5. The highest BCUT2D eigenvalue weighted by Crippen LogP contribution is 2.39. The van der Waals surface area contributed by atoms with E-state index in [2.05, 4.69) is 20.1 Å². The molecule has 1 aliphatic heterocycles. The predicted octanol–water partition coefficient (Wildman–Crippen LogP) is 4.64. The maximum atomic E-state index is 5.52. The summed E-state index contributed by atoms with van der Waals surface area (Å²) >= 11 is 0. The summed E-state index contributed by atoms with van der Waals surface area (Å²) in [4.78, 5) is 5.42. The largest absolute Gasteiger partial charge is 0.497 e. The highest BCUT2D eigenvalue weighted by molar-refractivity contribution is 5.80. The molecule has 0 spiro atoms. The number of benzene rings is 3. The lowest BCUT2D eigenvalue weighted by Crippen LogP contribution is -2.10.